The van der Waals surface area contributed by atoms with Gasteiger partial charge in [0.05, 0.1) is 5.56 Å². The number of nitrogens with one attached hydrogen (secondary N) is 1. The highest BCUT2D eigenvalue weighted by atomic mass is 16.5. The molecule has 0 aliphatic heterocycles. The summed E-state index contributed by atoms with van der Waals surface area (Å²) in [7, 11) is 0. The van der Waals surface area contributed by atoms with Gasteiger partial charge in [-0.2, -0.15) is 0 Å². The molecule has 0 bridgehead atoms. The van der Waals surface area contributed by atoms with Gasteiger partial charge in [-0.05, 0) is 36.2 Å². The van der Waals surface area contributed by atoms with E-state index in [0.29, 0.717) is 5.75 Å². The molecule has 5 heteroatoms. The number of hydrogen-bond donors (Lipinski definition) is 2. The summed E-state index contributed by atoms with van der Waals surface area (Å²) < 4.78 is 5.44. The summed E-state index contributed by atoms with van der Waals surface area (Å²) in [5.74, 6) is -0.578. The highest BCUT2D eigenvalue weighted by molar-refractivity contribution is 5.87. The molecule has 114 valence electrons. The molecule has 1 amide bonds. The molecular weight excluding hydrogens is 282 g/mol. The molecule has 0 saturated heterocycles. The molecule has 0 heterocycles. The van der Waals surface area contributed by atoms with E-state index in [1.54, 1.807) is 18.2 Å². The molecule has 2 aromatic rings. The minimum Gasteiger partial charge on any atom is -0.484 e. The lowest BCUT2D eigenvalue weighted by atomic mass is 10.1. The van der Waals surface area contributed by atoms with Gasteiger partial charge in [-0.1, -0.05) is 30.3 Å². The first kappa shape index (κ1) is 15.6. The van der Waals surface area contributed by atoms with Crippen molar-refractivity contribution < 1.29 is 19.4 Å². The summed E-state index contributed by atoms with van der Waals surface area (Å²) in [6, 6.07) is 13.9. The minimum atomic E-state index is -0.990. The number of carbonyl (C=O) groups excluding carboxylic acids is 1. The van der Waals surface area contributed by atoms with Gasteiger partial charge in [-0.3, -0.25) is 4.79 Å². The van der Waals surface area contributed by atoms with Crippen LogP contribution in [0.2, 0.25) is 0 Å². The minimum absolute atomic E-state index is 0.0799. The van der Waals surface area contributed by atoms with Crippen LogP contribution in [-0.4, -0.2) is 23.6 Å². The lowest BCUT2D eigenvalue weighted by molar-refractivity contribution is -0.123. The molecule has 0 unspecified atom stereocenters. The SMILES string of the molecule is Cc1ccccc1OCC(=O)NCc1cccc(C(=O)O)c1. The Hall–Kier alpha value is -2.82. The van der Waals surface area contributed by atoms with E-state index in [1.807, 2.05) is 25.1 Å². The van der Waals surface area contributed by atoms with Crippen molar-refractivity contribution in [1.29, 1.82) is 0 Å². The molecule has 0 aliphatic carbocycles. The van der Waals surface area contributed by atoms with Crippen molar-refractivity contribution in [2.24, 2.45) is 0 Å². The number of aromatic carboxylic acids is 1. The van der Waals surface area contributed by atoms with Crippen LogP contribution in [0, 0.1) is 6.92 Å². The Morgan fingerprint density at radius 1 is 1.14 bits per heavy atom. The first-order valence-electron chi connectivity index (χ1n) is 6.83. The summed E-state index contributed by atoms with van der Waals surface area (Å²) in [5, 5.41) is 11.6. The Balaban J connectivity index is 1.84. The summed E-state index contributed by atoms with van der Waals surface area (Å²) in [6.45, 7) is 2.09. The zero-order valence-electron chi connectivity index (χ0n) is 12.2. The second-order valence-corrected chi connectivity index (χ2v) is 4.84. The summed E-state index contributed by atoms with van der Waals surface area (Å²) in [4.78, 5) is 22.6. The van der Waals surface area contributed by atoms with Gasteiger partial charge in [0.25, 0.3) is 5.91 Å². The van der Waals surface area contributed by atoms with E-state index in [9.17, 15) is 9.59 Å². The van der Waals surface area contributed by atoms with Crippen LogP contribution in [0.15, 0.2) is 48.5 Å². The lowest BCUT2D eigenvalue weighted by Gasteiger charge is -2.09. The van der Waals surface area contributed by atoms with Crippen LogP contribution >= 0.6 is 0 Å². The van der Waals surface area contributed by atoms with E-state index < -0.39 is 5.97 Å². The van der Waals surface area contributed by atoms with Crippen LogP contribution in [0.5, 0.6) is 5.75 Å². The highest BCUT2D eigenvalue weighted by Crippen LogP contribution is 2.15. The smallest absolute Gasteiger partial charge is 0.335 e. The second-order valence-electron chi connectivity index (χ2n) is 4.84. The summed E-state index contributed by atoms with van der Waals surface area (Å²) in [5.41, 5.74) is 1.89. The number of benzene rings is 2. The summed E-state index contributed by atoms with van der Waals surface area (Å²) >= 11 is 0. The predicted octanol–water partition coefficient (Wildman–Crippen LogP) is 2.39. The number of carbonyl (C=O) groups is 2. The zero-order valence-corrected chi connectivity index (χ0v) is 12.2. The van der Waals surface area contributed by atoms with Gasteiger partial charge in [-0.25, -0.2) is 4.79 Å². The third kappa shape index (κ3) is 4.34. The second kappa shape index (κ2) is 7.26. The third-order valence-corrected chi connectivity index (χ3v) is 3.12. The molecule has 5 nitrogen and oxygen atoms in total. The van der Waals surface area contributed by atoms with E-state index in [-0.39, 0.29) is 24.6 Å². The van der Waals surface area contributed by atoms with E-state index >= 15 is 0 Å². The number of ether oxygens (including phenoxy) is 1. The molecule has 2 N–H and O–H groups in total. The fourth-order valence-corrected chi connectivity index (χ4v) is 1.93. The number of hydrogen-bond acceptors (Lipinski definition) is 3. The number of carboxylic acids is 1. The van der Waals surface area contributed by atoms with Crippen molar-refractivity contribution in [1.82, 2.24) is 5.32 Å². The van der Waals surface area contributed by atoms with E-state index in [4.69, 9.17) is 9.84 Å². The first-order chi connectivity index (χ1) is 10.6. The molecule has 0 radical (unpaired) electrons. The normalized spacial score (nSPS) is 10.0. The molecular formula is C17H17NO4. The Bertz CT molecular complexity index is 682. The number of aryl methyl sites for hydroxylation is 1. The van der Waals surface area contributed by atoms with Crippen LogP contribution in [0.25, 0.3) is 0 Å². The predicted molar refractivity (Wildman–Crippen MR) is 81.9 cm³/mol. The molecule has 2 aromatic carbocycles. The number of para-hydroxylation sites is 1. The molecule has 22 heavy (non-hydrogen) atoms. The zero-order chi connectivity index (χ0) is 15.9. The largest absolute Gasteiger partial charge is 0.484 e. The van der Waals surface area contributed by atoms with Crippen molar-refractivity contribution >= 4 is 11.9 Å². The standard InChI is InChI=1S/C17H17NO4/c1-12-5-2-3-8-15(12)22-11-16(19)18-10-13-6-4-7-14(9-13)17(20)21/h2-9H,10-11H2,1H3,(H,18,19)(H,20,21). The fourth-order valence-electron chi connectivity index (χ4n) is 1.93. The molecule has 2 rings (SSSR count). The van der Waals surface area contributed by atoms with Crippen molar-refractivity contribution in [3.8, 4) is 5.75 Å². The quantitative estimate of drug-likeness (QED) is 0.858. The Morgan fingerprint density at radius 2 is 1.91 bits per heavy atom. The number of rotatable bonds is 6. The molecule has 0 fully saturated rings. The average molecular weight is 299 g/mol. The first-order valence-corrected chi connectivity index (χ1v) is 6.83. The van der Waals surface area contributed by atoms with Crippen molar-refractivity contribution in [3.63, 3.8) is 0 Å². The van der Waals surface area contributed by atoms with Gasteiger partial charge in [0, 0.05) is 6.54 Å². The van der Waals surface area contributed by atoms with E-state index in [0.717, 1.165) is 11.1 Å². The Morgan fingerprint density at radius 3 is 2.64 bits per heavy atom. The maximum absolute atomic E-state index is 11.8. The molecule has 0 saturated carbocycles. The van der Waals surface area contributed by atoms with Crippen molar-refractivity contribution in [2.75, 3.05) is 6.61 Å². The molecule has 0 spiro atoms. The van der Waals surface area contributed by atoms with E-state index in [1.165, 1.54) is 12.1 Å². The Labute approximate surface area is 128 Å². The van der Waals surface area contributed by atoms with Gasteiger partial charge in [-0.15, -0.1) is 0 Å². The van der Waals surface area contributed by atoms with Crippen LogP contribution in [0.3, 0.4) is 0 Å². The topological polar surface area (TPSA) is 75.6 Å². The van der Waals surface area contributed by atoms with Crippen LogP contribution in [-0.2, 0) is 11.3 Å². The number of amides is 1. The maximum Gasteiger partial charge on any atom is 0.335 e. The molecule has 0 aliphatic rings. The third-order valence-electron chi connectivity index (χ3n) is 3.12. The maximum atomic E-state index is 11.8. The van der Waals surface area contributed by atoms with Gasteiger partial charge < -0.3 is 15.2 Å². The van der Waals surface area contributed by atoms with Gasteiger partial charge in [0.15, 0.2) is 6.61 Å². The van der Waals surface area contributed by atoms with Crippen LogP contribution in [0.4, 0.5) is 0 Å². The highest BCUT2D eigenvalue weighted by Gasteiger charge is 2.06. The lowest BCUT2D eigenvalue weighted by Crippen LogP contribution is -2.28. The fraction of sp³-hybridized carbons (Fsp3) is 0.176. The van der Waals surface area contributed by atoms with Crippen LogP contribution < -0.4 is 10.1 Å². The van der Waals surface area contributed by atoms with Gasteiger partial charge >= 0.3 is 5.97 Å². The van der Waals surface area contributed by atoms with E-state index in [2.05, 4.69) is 5.32 Å². The molecule has 0 atom stereocenters. The average Bonchev–Trinajstić information content (AvgIpc) is 2.52. The number of carboxylic acid groups (broad SMARTS) is 1. The van der Waals surface area contributed by atoms with Crippen molar-refractivity contribution in [2.45, 2.75) is 13.5 Å². The van der Waals surface area contributed by atoms with Gasteiger partial charge in [0.1, 0.15) is 5.75 Å². The summed E-state index contributed by atoms with van der Waals surface area (Å²) in [6.07, 6.45) is 0. The Kier molecular flexibility index (Phi) is 5.14. The van der Waals surface area contributed by atoms with Gasteiger partial charge in [0.2, 0.25) is 0 Å². The van der Waals surface area contributed by atoms with Crippen LogP contribution in [0.1, 0.15) is 21.5 Å². The molecule has 0 aromatic heterocycles. The monoisotopic (exact) mass is 299 g/mol. The van der Waals surface area contributed by atoms with Crippen molar-refractivity contribution in [3.05, 3.63) is 65.2 Å².